The second-order valence-corrected chi connectivity index (χ2v) is 4.93. The van der Waals surface area contributed by atoms with Crippen molar-refractivity contribution in [1.82, 2.24) is 4.90 Å². The molecule has 1 atom stereocenters. The number of likely N-dealkylation sites (tertiary alicyclic amines) is 1. The first-order valence-corrected chi connectivity index (χ1v) is 5.20. The van der Waals surface area contributed by atoms with Crippen LogP contribution in [0, 0.1) is 5.41 Å². The standard InChI is InChI=1S/C10H17F2NO/c1-9(11,12)4-5-13-6-8(14)10(7-13)2-3-10/h8,14H,2-7H2,1H3/t8-/m0/s1. The molecular weight excluding hydrogens is 188 g/mol. The molecular formula is C10H17F2NO. The Bertz CT molecular complexity index is 223. The van der Waals surface area contributed by atoms with Crippen LogP contribution in [0.3, 0.4) is 0 Å². The molecule has 14 heavy (non-hydrogen) atoms. The minimum Gasteiger partial charge on any atom is -0.391 e. The van der Waals surface area contributed by atoms with Gasteiger partial charge in [-0.15, -0.1) is 0 Å². The Balaban J connectivity index is 1.79. The van der Waals surface area contributed by atoms with Crippen molar-refractivity contribution in [2.45, 2.75) is 38.2 Å². The fourth-order valence-electron chi connectivity index (χ4n) is 2.23. The SMILES string of the molecule is CC(F)(F)CCN1C[C@H](O)C2(CC2)C1. The number of hydrogen-bond acceptors (Lipinski definition) is 2. The van der Waals surface area contributed by atoms with E-state index in [1.54, 1.807) is 0 Å². The summed E-state index contributed by atoms with van der Waals surface area (Å²) in [6.45, 7) is 2.75. The van der Waals surface area contributed by atoms with Gasteiger partial charge in [-0.05, 0) is 19.8 Å². The molecule has 82 valence electrons. The smallest absolute Gasteiger partial charge is 0.246 e. The monoisotopic (exact) mass is 205 g/mol. The molecule has 1 heterocycles. The summed E-state index contributed by atoms with van der Waals surface area (Å²) >= 11 is 0. The summed E-state index contributed by atoms with van der Waals surface area (Å²) in [6, 6.07) is 0. The Morgan fingerprint density at radius 3 is 2.57 bits per heavy atom. The van der Waals surface area contributed by atoms with E-state index in [-0.39, 0.29) is 17.9 Å². The molecule has 2 rings (SSSR count). The summed E-state index contributed by atoms with van der Waals surface area (Å²) in [7, 11) is 0. The lowest BCUT2D eigenvalue weighted by atomic mass is 10.0. The van der Waals surface area contributed by atoms with Gasteiger partial charge in [-0.25, -0.2) is 8.78 Å². The molecule has 1 N–H and O–H groups in total. The van der Waals surface area contributed by atoms with Crippen molar-refractivity contribution in [3.05, 3.63) is 0 Å². The summed E-state index contributed by atoms with van der Waals surface area (Å²) in [5, 5.41) is 9.69. The molecule has 2 fully saturated rings. The van der Waals surface area contributed by atoms with Gasteiger partial charge >= 0.3 is 0 Å². The van der Waals surface area contributed by atoms with Gasteiger partial charge in [0.2, 0.25) is 5.92 Å². The first-order chi connectivity index (χ1) is 6.41. The van der Waals surface area contributed by atoms with Crippen LogP contribution in [0.25, 0.3) is 0 Å². The third-order valence-electron chi connectivity index (χ3n) is 3.44. The molecule has 0 aromatic heterocycles. The summed E-state index contributed by atoms with van der Waals surface area (Å²) in [5.41, 5.74) is 0.0863. The highest BCUT2D eigenvalue weighted by atomic mass is 19.3. The number of nitrogens with zero attached hydrogens (tertiary/aromatic N) is 1. The van der Waals surface area contributed by atoms with Crippen LogP contribution in [0.15, 0.2) is 0 Å². The molecule has 1 aliphatic carbocycles. The fraction of sp³-hybridized carbons (Fsp3) is 1.00. The predicted molar refractivity (Wildman–Crippen MR) is 49.4 cm³/mol. The topological polar surface area (TPSA) is 23.5 Å². The van der Waals surface area contributed by atoms with Crippen LogP contribution in [-0.4, -0.2) is 41.7 Å². The number of aliphatic hydroxyl groups excluding tert-OH is 1. The Labute approximate surface area is 82.9 Å². The highest BCUT2D eigenvalue weighted by Crippen LogP contribution is 2.52. The maximum absolute atomic E-state index is 12.6. The highest BCUT2D eigenvalue weighted by Gasteiger charge is 2.54. The second-order valence-electron chi connectivity index (χ2n) is 4.93. The van der Waals surface area contributed by atoms with E-state index in [1.165, 1.54) is 0 Å². The van der Waals surface area contributed by atoms with E-state index in [9.17, 15) is 13.9 Å². The number of aliphatic hydroxyl groups is 1. The summed E-state index contributed by atoms with van der Waals surface area (Å²) < 4.78 is 25.2. The zero-order valence-corrected chi connectivity index (χ0v) is 8.47. The largest absolute Gasteiger partial charge is 0.391 e. The zero-order chi connectivity index (χ0) is 10.4. The number of rotatable bonds is 3. The van der Waals surface area contributed by atoms with Gasteiger partial charge in [0.25, 0.3) is 0 Å². The van der Waals surface area contributed by atoms with Gasteiger partial charge in [0.1, 0.15) is 0 Å². The quantitative estimate of drug-likeness (QED) is 0.754. The van der Waals surface area contributed by atoms with E-state index in [4.69, 9.17) is 0 Å². The minimum atomic E-state index is -2.58. The van der Waals surface area contributed by atoms with Crippen molar-refractivity contribution in [2.75, 3.05) is 19.6 Å². The van der Waals surface area contributed by atoms with E-state index in [1.807, 2.05) is 4.90 Å². The molecule has 0 unspecified atom stereocenters. The first kappa shape index (κ1) is 10.3. The van der Waals surface area contributed by atoms with Crippen molar-refractivity contribution in [3.63, 3.8) is 0 Å². The summed E-state index contributed by atoms with van der Waals surface area (Å²) in [5.74, 6) is -2.58. The van der Waals surface area contributed by atoms with Crippen LogP contribution < -0.4 is 0 Å². The van der Waals surface area contributed by atoms with Crippen molar-refractivity contribution in [3.8, 4) is 0 Å². The fourth-order valence-corrected chi connectivity index (χ4v) is 2.23. The van der Waals surface area contributed by atoms with Crippen LogP contribution in [-0.2, 0) is 0 Å². The second kappa shape index (κ2) is 3.14. The van der Waals surface area contributed by atoms with Crippen molar-refractivity contribution in [1.29, 1.82) is 0 Å². The predicted octanol–water partition coefficient (Wildman–Crippen LogP) is 1.49. The molecule has 4 heteroatoms. The van der Waals surface area contributed by atoms with Crippen LogP contribution >= 0.6 is 0 Å². The number of β-amino-alcohol motifs (C(OH)–C–C–N with tert-alkyl or cyclic N) is 1. The van der Waals surface area contributed by atoms with E-state index in [0.29, 0.717) is 13.1 Å². The van der Waals surface area contributed by atoms with Crippen LogP contribution in [0.1, 0.15) is 26.2 Å². The molecule has 0 radical (unpaired) electrons. The van der Waals surface area contributed by atoms with Crippen molar-refractivity contribution < 1.29 is 13.9 Å². The van der Waals surface area contributed by atoms with Crippen LogP contribution in [0.5, 0.6) is 0 Å². The Morgan fingerprint density at radius 2 is 2.14 bits per heavy atom. The maximum atomic E-state index is 12.6. The number of alkyl halides is 2. The van der Waals surface area contributed by atoms with Gasteiger partial charge in [-0.1, -0.05) is 0 Å². The average Bonchev–Trinajstić information content (AvgIpc) is 2.72. The van der Waals surface area contributed by atoms with E-state index in [2.05, 4.69) is 0 Å². The lowest BCUT2D eigenvalue weighted by Crippen LogP contribution is -2.27. The molecule has 1 saturated heterocycles. The van der Waals surface area contributed by atoms with Gasteiger partial charge in [-0.2, -0.15) is 0 Å². The molecule has 1 spiro atoms. The molecule has 0 aromatic carbocycles. The van der Waals surface area contributed by atoms with Gasteiger partial charge < -0.3 is 5.11 Å². The molecule has 0 aromatic rings. The number of halogens is 2. The van der Waals surface area contributed by atoms with Crippen molar-refractivity contribution in [2.24, 2.45) is 5.41 Å². The van der Waals surface area contributed by atoms with Crippen LogP contribution in [0.2, 0.25) is 0 Å². The third kappa shape index (κ3) is 2.06. The summed E-state index contributed by atoms with van der Waals surface area (Å²) in [6.07, 6.45) is 1.74. The van der Waals surface area contributed by atoms with Gasteiger partial charge in [-0.3, -0.25) is 4.90 Å². The lowest BCUT2D eigenvalue weighted by Gasteiger charge is -2.17. The lowest BCUT2D eigenvalue weighted by molar-refractivity contribution is 0.00410. The zero-order valence-electron chi connectivity index (χ0n) is 8.47. The van der Waals surface area contributed by atoms with Gasteiger partial charge in [0, 0.05) is 31.5 Å². The highest BCUT2D eigenvalue weighted by molar-refractivity contribution is 5.06. The van der Waals surface area contributed by atoms with Crippen LogP contribution in [0.4, 0.5) is 8.78 Å². The Hall–Kier alpha value is -0.220. The molecule has 0 bridgehead atoms. The third-order valence-corrected chi connectivity index (χ3v) is 3.44. The van der Waals surface area contributed by atoms with Crippen molar-refractivity contribution >= 4 is 0 Å². The molecule has 1 aliphatic heterocycles. The molecule has 2 aliphatic rings. The molecule has 0 amide bonds. The number of hydrogen-bond donors (Lipinski definition) is 1. The summed E-state index contributed by atoms with van der Waals surface area (Å²) in [4.78, 5) is 1.97. The normalized spacial score (nSPS) is 31.3. The molecule has 2 nitrogen and oxygen atoms in total. The maximum Gasteiger partial charge on any atom is 0.246 e. The van der Waals surface area contributed by atoms with E-state index < -0.39 is 5.92 Å². The Morgan fingerprint density at radius 1 is 1.50 bits per heavy atom. The minimum absolute atomic E-state index is 0.0863. The van der Waals surface area contributed by atoms with E-state index >= 15 is 0 Å². The van der Waals surface area contributed by atoms with Gasteiger partial charge in [0.05, 0.1) is 6.10 Å². The molecule has 1 saturated carbocycles. The van der Waals surface area contributed by atoms with E-state index in [0.717, 1.165) is 26.3 Å². The van der Waals surface area contributed by atoms with Gasteiger partial charge in [0.15, 0.2) is 0 Å². The first-order valence-electron chi connectivity index (χ1n) is 5.20. The average molecular weight is 205 g/mol. The Kier molecular flexibility index (Phi) is 2.31.